The molecule has 268 valence electrons. The third kappa shape index (κ3) is 4.81. The van der Waals surface area contributed by atoms with Crippen molar-refractivity contribution in [1.29, 1.82) is 0 Å². The molecule has 0 radical (unpaired) electrons. The van der Waals surface area contributed by atoms with Crippen LogP contribution in [0.4, 0.5) is 17.1 Å². The van der Waals surface area contributed by atoms with Crippen LogP contribution in [0.3, 0.4) is 0 Å². The van der Waals surface area contributed by atoms with E-state index in [0.29, 0.717) is 17.5 Å². The molecule has 1 aliphatic carbocycles. The molecule has 0 unspecified atom stereocenters. The lowest BCUT2D eigenvalue weighted by atomic mass is 9.63. The predicted molar refractivity (Wildman–Crippen MR) is 236 cm³/mol. The van der Waals surface area contributed by atoms with Gasteiger partial charge >= 0.3 is 0 Å². The van der Waals surface area contributed by atoms with Crippen LogP contribution in [0.15, 0.2) is 181 Å². The molecule has 0 saturated heterocycles. The first-order chi connectivity index (χ1) is 28.3. The van der Waals surface area contributed by atoms with Gasteiger partial charge in [0, 0.05) is 31.8 Å². The van der Waals surface area contributed by atoms with Crippen LogP contribution in [-0.4, -0.2) is 15.0 Å². The minimum Gasteiger partial charge on any atom is -0.307 e. The van der Waals surface area contributed by atoms with Crippen LogP contribution in [0.25, 0.3) is 55.7 Å². The third-order valence-corrected chi connectivity index (χ3v) is 13.8. The zero-order valence-corrected chi connectivity index (χ0v) is 32.3. The maximum atomic E-state index is 5.18. The third-order valence-electron chi connectivity index (χ3n) is 11.7. The van der Waals surface area contributed by atoms with E-state index in [1.165, 1.54) is 70.6 Å². The van der Waals surface area contributed by atoms with Crippen LogP contribution in [0, 0.1) is 0 Å². The van der Waals surface area contributed by atoms with Crippen LogP contribution in [-0.2, 0) is 11.8 Å². The Bertz CT molecular complexity index is 3080. The second kappa shape index (κ2) is 12.6. The van der Waals surface area contributed by atoms with Crippen LogP contribution in [0.2, 0.25) is 0 Å². The smallest absolute Gasteiger partial charge is 0.164 e. The monoisotopic (exact) mass is 764 g/mol. The van der Waals surface area contributed by atoms with Crippen molar-refractivity contribution < 1.29 is 0 Å². The maximum absolute atomic E-state index is 5.18. The Morgan fingerprint density at radius 3 is 1.65 bits per heavy atom. The number of nitrogens with zero attached hydrogens (tertiary/aromatic N) is 4. The quantitative estimate of drug-likeness (QED) is 0.167. The molecule has 0 saturated carbocycles. The van der Waals surface area contributed by atoms with E-state index in [1.54, 1.807) is 0 Å². The second-order valence-corrected chi connectivity index (χ2v) is 16.6. The SMILES string of the molecule is c1ccc(-c2nc(-c3ccccc3)nc(-c3ccc4c(c3)C3(c5ccccc5C4)c4sccc4N(c4cc5ccccc5c5ccccc45)c4ccsc43)n2)cc1. The largest absolute Gasteiger partial charge is 0.307 e. The topological polar surface area (TPSA) is 41.9 Å². The summed E-state index contributed by atoms with van der Waals surface area (Å²) in [5, 5.41) is 9.58. The summed E-state index contributed by atoms with van der Waals surface area (Å²) in [7, 11) is 0. The fraction of sp³-hybridized carbons (Fsp3) is 0.0392. The van der Waals surface area contributed by atoms with Crippen molar-refractivity contribution in [3.63, 3.8) is 0 Å². The zero-order valence-electron chi connectivity index (χ0n) is 30.6. The number of rotatable bonds is 4. The van der Waals surface area contributed by atoms with Crippen molar-refractivity contribution in [1.82, 2.24) is 15.0 Å². The van der Waals surface area contributed by atoms with Gasteiger partial charge in [-0.15, -0.1) is 22.7 Å². The van der Waals surface area contributed by atoms with Crippen molar-refractivity contribution in [2.45, 2.75) is 11.8 Å². The Kier molecular flexibility index (Phi) is 7.21. The Labute approximate surface area is 338 Å². The van der Waals surface area contributed by atoms with Gasteiger partial charge in [-0.3, -0.25) is 0 Å². The molecule has 0 N–H and O–H groups in total. The summed E-state index contributed by atoms with van der Waals surface area (Å²) in [6.07, 6.45) is 0.857. The molecular weight excluding hydrogens is 733 g/mol. The summed E-state index contributed by atoms with van der Waals surface area (Å²) in [6.45, 7) is 0. The summed E-state index contributed by atoms with van der Waals surface area (Å²) in [4.78, 5) is 20.5. The van der Waals surface area contributed by atoms with E-state index in [0.717, 1.165) is 23.1 Å². The molecule has 0 amide bonds. The highest BCUT2D eigenvalue weighted by Gasteiger charge is 2.52. The fourth-order valence-electron chi connectivity index (χ4n) is 9.27. The number of hydrogen-bond donors (Lipinski definition) is 0. The first kappa shape index (κ1) is 32.5. The van der Waals surface area contributed by atoms with Crippen molar-refractivity contribution in [2.75, 3.05) is 4.90 Å². The first-order valence-electron chi connectivity index (χ1n) is 19.2. The Hall–Kier alpha value is -6.73. The standard InChI is InChI=1S/C51H32N4S2/c1-3-13-32(14-4-1)48-52-49(33-15-5-2-6-16-33)54-50(53-48)37-24-23-36-29-35-18-8-12-22-41(35)51(42(36)30-37)46-43(25-27-56-46)55(44-26-28-57-47(44)51)45-31-34-17-7-9-19-38(34)39-20-10-11-21-40(39)45/h1-28,30-31H,29H2. The van der Waals surface area contributed by atoms with E-state index < -0.39 is 5.41 Å². The van der Waals surface area contributed by atoms with Gasteiger partial charge in [-0.2, -0.15) is 0 Å². The highest BCUT2D eigenvalue weighted by molar-refractivity contribution is 7.13. The minimum absolute atomic E-state index is 0.534. The van der Waals surface area contributed by atoms with Crippen LogP contribution in [0.1, 0.15) is 32.0 Å². The van der Waals surface area contributed by atoms with Crippen molar-refractivity contribution in [2.24, 2.45) is 0 Å². The van der Waals surface area contributed by atoms with E-state index >= 15 is 0 Å². The predicted octanol–water partition coefficient (Wildman–Crippen LogP) is 13.4. The molecule has 6 heteroatoms. The van der Waals surface area contributed by atoms with Crippen LogP contribution in [0.5, 0.6) is 0 Å². The average molecular weight is 765 g/mol. The first-order valence-corrected chi connectivity index (χ1v) is 21.0. The van der Waals surface area contributed by atoms with E-state index in [-0.39, 0.29) is 0 Å². The van der Waals surface area contributed by atoms with E-state index in [1.807, 2.05) is 59.1 Å². The maximum Gasteiger partial charge on any atom is 0.164 e. The summed E-state index contributed by atoms with van der Waals surface area (Å²) in [6, 6.07) is 61.1. The van der Waals surface area contributed by atoms with Gasteiger partial charge in [-0.1, -0.05) is 146 Å². The number of aromatic nitrogens is 3. The average Bonchev–Trinajstić information content (AvgIpc) is 3.98. The van der Waals surface area contributed by atoms with Gasteiger partial charge < -0.3 is 4.90 Å². The fourth-order valence-corrected chi connectivity index (χ4v) is 11.6. The lowest BCUT2D eigenvalue weighted by Crippen LogP contribution is -2.39. The van der Waals surface area contributed by atoms with Gasteiger partial charge in [0.05, 0.1) is 22.5 Å². The molecule has 4 heterocycles. The normalized spacial score (nSPS) is 13.6. The van der Waals surface area contributed by atoms with E-state index in [2.05, 4.69) is 149 Å². The molecule has 1 spiro atoms. The summed E-state index contributed by atoms with van der Waals surface area (Å²) >= 11 is 3.71. The molecule has 12 rings (SSSR count). The Morgan fingerprint density at radius 1 is 0.421 bits per heavy atom. The van der Waals surface area contributed by atoms with Crippen LogP contribution < -0.4 is 4.90 Å². The van der Waals surface area contributed by atoms with Gasteiger partial charge in [0.15, 0.2) is 17.5 Å². The summed E-state index contributed by atoms with van der Waals surface area (Å²) < 4.78 is 0. The molecule has 1 aliphatic heterocycles. The molecule has 2 aliphatic rings. The number of fused-ring (bicyclic) bond motifs is 11. The molecule has 0 atom stereocenters. The minimum atomic E-state index is -0.534. The second-order valence-electron chi connectivity index (χ2n) is 14.8. The number of benzene rings is 7. The number of thiophene rings is 2. The molecule has 10 aromatic rings. The lowest BCUT2D eigenvalue weighted by Gasteiger charge is -2.46. The number of hydrogen-bond acceptors (Lipinski definition) is 6. The summed E-state index contributed by atoms with van der Waals surface area (Å²) in [5.74, 6) is 1.99. The number of anilines is 3. The van der Waals surface area contributed by atoms with Gasteiger partial charge in [0.2, 0.25) is 0 Å². The highest BCUT2D eigenvalue weighted by atomic mass is 32.1. The Morgan fingerprint density at radius 2 is 0.965 bits per heavy atom. The van der Waals surface area contributed by atoms with Crippen molar-refractivity contribution >= 4 is 61.3 Å². The van der Waals surface area contributed by atoms with E-state index in [4.69, 9.17) is 15.0 Å². The molecule has 4 nitrogen and oxygen atoms in total. The van der Waals surface area contributed by atoms with Crippen molar-refractivity contribution in [3.8, 4) is 34.2 Å². The molecule has 3 aromatic heterocycles. The van der Waals surface area contributed by atoms with Crippen molar-refractivity contribution in [3.05, 3.63) is 213 Å². The highest BCUT2D eigenvalue weighted by Crippen LogP contribution is 2.64. The van der Waals surface area contributed by atoms with E-state index in [9.17, 15) is 0 Å². The molecule has 57 heavy (non-hydrogen) atoms. The van der Waals surface area contributed by atoms with Crippen LogP contribution >= 0.6 is 22.7 Å². The Balaban J connectivity index is 1.12. The molecular formula is C51H32N4S2. The van der Waals surface area contributed by atoms with Gasteiger partial charge in [-0.05, 0) is 79.9 Å². The molecule has 7 aromatic carbocycles. The summed E-state index contributed by atoms with van der Waals surface area (Å²) in [5.41, 5.74) is 11.3. The zero-order chi connectivity index (χ0) is 37.5. The molecule has 0 bridgehead atoms. The van der Waals surface area contributed by atoms with Gasteiger partial charge in [0.25, 0.3) is 0 Å². The molecule has 0 fully saturated rings. The van der Waals surface area contributed by atoms with Gasteiger partial charge in [-0.25, -0.2) is 15.0 Å². The lowest BCUT2D eigenvalue weighted by molar-refractivity contribution is 0.723. The van der Waals surface area contributed by atoms with Gasteiger partial charge in [0.1, 0.15) is 0 Å².